The number of carbonyl (C=O) groups is 1. The van der Waals surface area contributed by atoms with Gasteiger partial charge in [0.15, 0.2) is 0 Å². The van der Waals surface area contributed by atoms with Gasteiger partial charge in [-0.2, -0.15) is 0 Å². The van der Waals surface area contributed by atoms with Crippen molar-refractivity contribution in [2.24, 2.45) is 0 Å². The Bertz CT molecular complexity index is 95.0. The molecule has 0 rings (SSSR count). The number of carboxylic acids is 1. The van der Waals surface area contributed by atoms with Crippen molar-refractivity contribution in [2.45, 2.75) is 12.8 Å². The molecular formula is C6H11ClO3. The summed E-state index contributed by atoms with van der Waals surface area (Å²) in [6, 6.07) is 0. The van der Waals surface area contributed by atoms with Crippen molar-refractivity contribution in [3.63, 3.8) is 0 Å². The molecule has 0 saturated heterocycles. The molecule has 0 amide bonds. The average Bonchev–Trinajstić information content (AvgIpc) is 1.87. The largest absolute Gasteiger partial charge is 0.480 e. The molecule has 0 fully saturated rings. The minimum Gasteiger partial charge on any atom is -0.480 e. The molecular weight excluding hydrogens is 156 g/mol. The van der Waals surface area contributed by atoms with E-state index < -0.39 is 5.97 Å². The van der Waals surface area contributed by atoms with Crippen molar-refractivity contribution in [3.05, 3.63) is 0 Å². The summed E-state index contributed by atoms with van der Waals surface area (Å²) in [5, 5.41) is 8.12. The van der Waals surface area contributed by atoms with Gasteiger partial charge < -0.3 is 9.84 Å². The van der Waals surface area contributed by atoms with E-state index in [9.17, 15) is 4.79 Å². The predicted molar refractivity (Wildman–Crippen MR) is 38.4 cm³/mol. The first-order chi connectivity index (χ1) is 4.77. The third-order valence-electron chi connectivity index (χ3n) is 0.898. The van der Waals surface area contributed by atoms with Crippen molar-refractivity contribution in [2.75, 3.05) is 19.1 Å². The molecule has 0 aromatic carbocycles. The molecule has 0 aliphatic carbocycles. The molecule has 10 heavy (non-hydrogen) atoms. The molecule has 0 atom stereocenters. The maximum atomic E-state index is 9.88. The van der Waals surface area contributed by atoms with Crippen molar-refractivity contribution in [1.82, 2.24) is 0 Å². The van der Waals surface area contributed by atoms with Crippen LogP contribution in [-0.2, 0) is 9.53 Å². The minimum absolute atomic E-state index is 0.206. The standard InChI is InChI=1S/C6H11ClO3/c7-3-1-2-4-10-5-6(8)9/h1-5H2,(H,8,9). The van der Waals surface area contributed by atoms with Crippen LogP contribution < -0.4 is 0 Å². The van der Waals surface area contributed by atoms with Crippen LogP contribution in [0.2, 0.25) is 0 Å². The number of hydrogen-bond acceptors (Lipinski definition) is 2. The first kappa shape index (κ1) is 9.72. The lowest BCUT2D eigenvalue weighted by atomic mass is 10.4. The van der Waals surface area contributed by atoms with Gasteiger partial charge in [0, 0.05) is 12.5 Å². The Kier molecular flexibility index (Phi) is 6.64. The SMILES string of the molecule is O=C(O)COCCCCCl. The Hall–Kier alpha value is -0.280. The average molecular weight is 167 g/mol. The smallest absolute Gasteiger partial charge is 0.329 e. The number of halogens is 1. The van der Waals surface area contributed by atoms with Crippen LogP contribution in [0.5, 0.6) is 0 Å². The maximum Gasteiger partial charge on any atom is 0.329 e. The van der Waals surface area contributed by atoms with Crippen LogP contribution in [0.1, 0.15) is 12.8 Å². The van der Waals surface area contributed by atoms with Gasteiger partial charge in [-0.05, 0) is 12.8 Å². The molecule has 60 valence electrons. The fraction of sp³-hybridized carbons (Fsp3) is 0.833. The fourth-order valence-electron chi connectivity index (χ4n) is 0.458. The predicted octanol–water partition coefficient (Wildman–Crippen LogP) is 1.11. The Morgan fingerprint density at radius 2 is 2.20 bits per heavy atom. The highest BCUT2D eigenvalue weighted by atomic mass is 35.5. The van der Waals surface area contributed by atoms with E-state index in [1.54, 1.807) is 0 Å². The summed E-state index contributed by atoms with van der Waals surface area (Å²) in [5.41, 5.74) is 0. The summed E-state index contributed by atoms with van der Waals surface area (Å²) in [4.78, 5) is 9.88. The molecule has 1 N–H and O–H groups in total. The van der Waals surface area contributed by atoms with Gasteiger partial charge in [-0.25, -0.2) is 4.79 Å². The lowest BCUT2D eigenvalue weighted by molar-refractivity contribution is -0.142. The number of carboxylic acid groups (broad SMARTS) is 1. The summed E-state index contributed by atoms with van der Waals surface area (Å²) in [5.74, 6) is -0.318. The first-order valence-electron chi connectivity index (χ1n) is 3.13. The van der Waals surface area contributed by atoms with Crippen LogP contribution in [0.15, 0.2) is 0 Å². The number of rotatable bonds is 6. The van der Waals surface area contributed by atoms with E-state index in [0.29, 0.717) is 12.5 Å². The molecule has 0 unspecified atom stereocenters. The topological polar surface area (TPSA) is 46.5 Å². The summed E-state index contributed by atoms with van der Waals surface area (Å²) >= 11 is 5.37. The van der Waals surface area contributed by atoms with Crippen LogP contribution in [0.4, 0.5) is 0 Å². The number of ether oxygens (including phenoxy) is 1. The Balaban J connectivity index is 2.84. The van der Waals surface area contributed by atoms with Gasteiger partial charge in [0.1, 0.15) is 6.61 Å². The molecule has 0 aliphatic heterocycles. The first-order valence-corrected chi connectivity index (χ1v) is 3.66. The zero-order chi connectivity index (χ0) is 7.82. The van der Waals surface area contributed by atoms with E-state index in [4.69, 9.17) is 21.4 Å². The van der Waals surface area contributed by atoms with Crippen LogP contribution >= 0.6 is 11.6 Å². The minimum atomic E-state index is -0.925. The third kappa shape index (κ3) is 7.72. The van der Waals surface area contributed by atoms with Crippen LogP contribution in [0, 0.1) is 0 Å². The van der Waals surface area contributed by atoms with Crippen molar-refractivity contribution < 1.29 is 14.6 Å². The maximum absolute atomic E-state index is 9.88. The van der Waals surface area contributed by atoms with Crippen molar-refractivity contribution >= 4 is 17.6 Å². The second-order valence-electron chi connectivity index (χ2n) is 1.84. The van der Waals surface area contributed by atoms with Gasteiger partial charge in [-0.1, -0.05) is 0 Å². The zero-order valence-corrected chi connectivity index (χ0v) is 6.43. The highest BCUT2D eigenvalue weighted by Crippen LogP contribution is 1.91. The molecule has 4 heteroatoms. The van der Waals surface area contributed by atoms with Gasteiger partial charge in [0.05, 0.1) is 0 Å². The molecule has 0 spiro atoms. The Morgan fingerprint density at radius 3 is 2.70 bits per heavy atom. The van der Waals surface area contributed by atoms with Gasteiger partial charge in [0.25, 0.3) is 0 Å². The Labute approximate surface area is 64.9 Å². The molecule has 0 saturated carbocycles. The van der Waals surface area contributed by atoms with Crippen molar-refractivity contribution in [1.29, 1.82) is 0 Å². The van der Waals surface area contributed by atoms with E-state index in [2.05, 4.69) is 0 Å². The molecule has 0 aliphatic rings. The highest BCUT2D eigenvalue weighted by Gasteiger charge is 1.94. The van der Waals surface area contributed by atoms with Crippen LogP contribution in [0.3, 0.4) is 0 Å². The summed E-state index contributed by atoms with van der Waals surface area (Å²) < 4.78 is 4.74. The zero-order valence-electron chi connectivity index (χ0n) is 5.68. The fourth-order valence-corrected chi connectivity index (χ4v) is 0.647. The molecule has 0 aromatic rings. The Morgan fingerprint density at radius 1 is 1.50 bits per heavy atom. The second kappa shape index (κ2) is 6.83. The van der Waals surface area contributed by atoms with Gasteiger partial charge in [0.2, 0.25) is 0 Å². The van der Waals surface area contributed by atoms with Gasteiger partial charge >= 0.3 is 5.97 Å². The lowest BCUT2D eigenvalue weighted by Crippen LogP contribution is -2.07. The van der Waals surface area contributed by atoms with E-state index >= 15 is 0 Å². The van der Waals surface area contributed by atoms with Crippen molar-refractivity contribution in [3.8, 4) is 0 Å². The number of aliphatic carboxylic acids is 1. The van der Waals surface area contributed by atoms with Crippen LogP contribution in [-0.4, -0.2) is 30.2 Å². The normalized spacial score (nSPS) is 9.70. The molecule has 0 heterocycles. The van der Waals surface area contributed by atoms with E-state index in [-0.39, 0.29) is 6.61 Å². The summed E-state index contributed by atoms with van der Waals surface area (Å²) in [6.45, 7) is 0.279. The summed E-state index contributed by atoms with van der Waals surface area (Å²) in [6.07, 6.45) is 1.71. The van der Waals surface area contributed by atoms with E-state index in [0.717, 1.165) is 12.8 Å². The molecule has 3 nitrogen and oxygen atoms in total. The second-order valence-corrected chi connectivity index (χ2v) is 2.22. The molecule has 0 aromatic heterocycles. The highest BCUT2D eigenvalue weighted by molar-refractivity contribution is 6.17. The summed E-state index contributed by atoms with van der Waals surface area (Å²) in [7, 11) is 0. The quantitative estimate of drug-likeness (QED) is 0.475. The lowest BCUT2D eigenvalue weighted by Gasteiger charge is -1.97. The van der Waals surface area contributed by atoms with Crippen LogP contribution in [0.25, 0.3) is 0 Å². The third-order valence-corrected chi connectivity index (χ3v) is 1.17. The van der Waals surface area contributed by atoms with E-state index in [1.807, 2.05) is 0 Å². The number of hydrogen-bond donors (Lipinski definition) is 1. The van der Waals surface area contributed by atoms with Gasteiger partial charge in [-0.3, -0.25) is 0 Å². The van der Waals surface area contributed by atoms with E-state index in [1.165, 1.54) is 0 Å². The monoisotopic (exact) mass is 166 g/mol. The number of unbranched alkanes of at least 4 members (excludes halogenated alkanes) is 1. The number of alkyl halides is 1. The van der Waals surface area contributed by atoms with Gasteiger partial charge in [-0.15, -0.1) is 11.6 Å². The molecule has 0 radical (unpaired) electrons. The molecule has 0 bridgehead atoms.